The molecule has 3 aromatic rings. The molecular weight excluding hydrogens is 436 g/mol. The van der Waals surface area contributed by atoms with Crippen molar-refractivity contribution in [2.24, 2.45) is 0 Å². The molecule has 3 nitrogen and oxygen atoms in total. The summed E-state index contributed by atoms with van der Waals surface area (Å²) in [5.41, 5.74) is 3.72. The second kappa shape index (κ2) is 4.84. The molecule has 0 radical (unpaired) electrons. The SMILES string of the molecule is O=Cc1ccc(-c2ccc3c(c2)nc[n]3[Tl])cc1F. The van der Waals surface area contributed by atoms with Crippen LogP contribution in [0, 0.1) is 5.82 Å². The van der Waals surface area contributed by atoms with Crippen LogP contribution < -0.4 is 0 Å². The van der Waals surface area contributed by atoms with Gasteiger partial charge in [0, 0.05) is 0 Å². The van der Waals surface area contributed by atoms with Gasteiger partial charge in [0.05, 0.1) is 0 Å². The van der Waals surface area contributed by atoms with Gasteiger partial charge in [-0.05, 0) is 0 Å². The molecule has 0 amide bonds. The molecule has 0 saturated carbocycles. The van der Waals surface area contributed by atoms with Crippen molar-refractivity contribution in [1.82, 2.24) is 7.36 Å². The summed E-state index contributed by atoms with van der Waals surface area (Å²) < 4.78 is 15.7. The van der Waals surface area contributed by atoms with Gasteiger partial charge in [0.25, 0.3) is 0 Å². The molecule has 2 aromatic carbocycles. The van der Waals surface area contributed by atoms with Crippen LogP contribution in [0.1, 0.15) is 10.4 Å². The van der Waals surface area contributed by atoms with Crippen LogP contribution in [0.25, 0.3) is 22.2 Å². The zero-order valence-corrected chi connectivity index (χ0v) is 14.4. The van der Waals surface area contributed by atoms with Gasteiger partial charge in [-0.15, -0.1) is 0 Å². The first-order valence-electron chi connectivity index (χ1n) is 5.66. The zero-order valence-electron chi connectivity index (χ0n) is 9.88. The number of rotatable bonds is 2. The summed E-state index contributed by atoms with van der Waals surface area (Å²) in [7, 11) is 0. The molecule has 0 aliphatic heterocycles. The Kier molecular flexibility index (Phi) is 3.18. The molecule has 19 heavy (non-hydrogen) atoms. The van der Waals surface area contributed by atoms with E-state index in [0.717, 1.165) is 22.2 Å². The number of hydrogen-bond donors (Lipinski definition) is 0. The molecule has 1 aromatic heterocycles. The summed E-state index contributed by atoms with van der Waals surface area (Å²) in [6, 6.07) is 10.5. The minimum atomic E-state index is -0.498. The third-order valence-corrected chi connectivity index (χ3v) is 4.64. The van der Waals surface area contributed by atoms with Gasteiger partial charge in [-0.3, -0.25) is 0 Å². The first-order valence-corrected chi connectivity index (χ1v) is 7.67. The second-order valence-electron chi connectivity index (χ2n) is 4.21. The van der Waals surface area contributed by atoms with Gasteiger partial charge in [-0.1, -0.05) is 0 Å². The Morgan fingerprint density at radius 2 is 1.89 bits per heavy atom. The Morgan fingerprint density at radius 3 is 2.63 bits per heavy atom. The Bertz CT molecular complexity index is 782. The Hall–Kier alpha value is -1.57. The number of aromatic nitrogens is 2. The maximum atomic E-state index is 13.6. The van der Waals surface area contributed by atoms with Gasteiger partial charge in [-0.2, -0.15) is 0 Å². The number of hydrogen-bond acceptors (Lipinski definition) is 2. The van der Waals surface area contributed by atoms with Crippen molar-refractivity contribution < 1.29 is 9.18 Å². The van der Waals surface area contributed by atoms with Gasteiger partial charge in [0.1, 0.15) is 0 Å². The van der Waals surface area contributed by atoms with Crippen LogP contribution in [-0.2, 0) is 0 Å². The van der Waals surface area contributed by atoms with Crippen molar-refractivity contribution in [3.05, 3.63) is 54.1 Å². The van der Waals surface area contributed by atoms with Crippen molar-refractivity contribution >= 4 is 43.4 Å². The molecule has 0 bridgehead atoms. The zero-order chi connectivity index (χ0) is 13.4. The first kappa shape index (κ1) is 12.5. The van der Waals surface area contributed by atoms with Gasteiger partial charge < -0.3 is 0 Å². The van der Waals surface area contributed by atoms with Gasteiger partial charge >= 0.3 is 125 Å². The van der Waals surface area contributed by atoms with E-state index in [1.807, 2.05) is 24.5 Å². The second-order valence-corrected chi connectivity index (χ2v) is 6.37. The summed E-state index contributed by atoms with van der Waals surface area (Å²) >= 11 is 0.671. The number of aldehydes is 1. The third-order valence-electron chi connectivity index (χ3n) is 3.04. The maximum absolute atomic E-state index is 13.6. The van der Waals surface area contributed by atoms with E-state index < -0.39 is 5.82 Å². The van der Waals surface area contributed by atoms with E-state index in [0.29, 0.717) is 32.4 Å². The van der Waals surface area contributed by atoms with E-state index >= 15 is 0 Å². The van der Waals surface area contributed by atoms with Crippen LogP contribution >= 0.6 is 0 Å². The Labute approximate surface area is 125 Å². The summed E-state index contributed by atoms with van der Waals surface area (Å²) in [6.45, 7) is 0. The average Bonchev–Trinajstić information content (AvgIpc) is 2.80. The molecule has 0 fully saturated rings. The molecule has 0 unspecified atom stereocenters. The predicted octanol–water partition coefficient (Wildman–Crippen LogP) is 2.59. The van der Waals surface area contributed by atoms with Crippen LogP contribution in [0.15, 0.2) is 42.7 Å². The van der Waals surface area contributed by atoms with E-state index in [1.54, 1.807) is 6.07 Å². The molecule has 5 heteroatoms. The molecular formula is C14H8FN2OTl. The fourth-order valence-electron chi connectivity index (χ4n) is 2.01. The van der Waals surface area contributed by atoms with E-state index in [1.165, 1.54) is 12.1 Å². The standard InChI is InChI=1S/C14H9FN2O.Tl/c15-12-5-9(1-2-11(12)7-18)10-3-4-13-14(6-10)17-8-16-13;/h1-8H,(H,16,17,18);/q;+1/p-1. The van der Waals surface area contributed by atoms with Crippen LogP contribution in [-0.4, -0.2) is 39.7 Å². The monoisotopic (exact) mass is 444 g/mol. The van der Waals surface area contributed by atoms with Gasteiger partial charge in [-0.25, -0.2) is 0 Å². The van der Waals surface area contributed by atoms with Crippen molar-refractivity contribution in [1.29, 1.82) is 0 Å². The van der Waals surface area contributed by atoms with Crippen LogP contribution in [0.2, 0.25) is 0 Å². The molecule has 0 aliphatic rings. The molecule has 1 heterocycles. The number of fused-ring (bicyclic) bond motifs is 1. The summed E-state index contributed by atoms with van der Waals surface area (Å²) in [4.78, 5) is 14.9. The van der Waals surface area contributed by atoms with Crippen LogP contribution in [0.3, 0.4) is 0 Å². The molecule has 90 valence electrons. The normalized spacial score (nSPS) is 10.7. The fourth-order valence-corrected chi connectivity index (χ4v) is 3.12. The third kappa shape index (κ3) is 2.20. The Morgan fingerprint density at radius 1 is 1.16 bits per heavy atom. The van der Waals surface area contributed by atoms with E-state index in [9.17, 15) is 9.18 Å². The number of nitrogens with zero attached hydrogens (tertiary/aromatic N) is 2. The number of carbonyl (C=O) groups excluding carboxylic acids is 1. The summed E-state index contributed by atoms with van der Waals surface area (Å²) in [5, 5.41) is 0. The first-order chi connectivity index (χ1) is 9.19. The van der Waals surface area contributed by atoms with Crippen molar-refractivity contribution in [2.45, 2.75) is 0 Å². The molecule has 0 aliphatic carbocycles. The molecule has 0 spiro atoms. The van der Waals surface area contributed by atoms with E-state index in [-0.39, 0.29) is 5.56 Å². The number of imidazole rings is 1. The topological polar surface area (TPSA) is 34.9 Å². The average molecular weight is 444 g/mol. The van der Waals surface area contributed by atoms with Gasteiger partial charge in [0.15, 0.2) is 0 Å². The minimum absolute atomic E-state index is 0.0786. The van der Waals surface area contributed by atoms with Gasteiger partial charge in [0.2, 0.25) is 0 Å². The summed E-state index contributed by atoms with van der Waals surface area (Å²) in [6.07, 6.45) is 2.34. The predicted molar refractivity (Wildman–Crippen MR) is 71.7 cm³/mol. The van der Waals surface area contributed by atoms with Crippen molar-refractivity contribution in [2.75, 3.05) is 0 Å². The number of benzene rings is 2. The molecule has 0 saturated heterocycles. The molecule has 3 rings (SSSR count). The van der Waals surface area contributed by atoms with Crippen LogP contribution in [0.4, 0.5) is 4.39 Å². The number of carbonyl (C=O) groups is 1. The fraction of sp³-hybridized carbons (Fsp3) is 0. The van der Waals surface area contributed by atoms with E-state index in [2.05, 4.69) is 7.36 Å². The van der Waals surface area contributed by atoms with Crippen molar-refractivity contribution in [3.63, 3.8) is 0 Å². The van der Waals surface area contributed by atoms with Crippen molar-refractivity contribution in [3.8, 4) is 11.1 Å². The van der Waals surface area contributed by atoms with E-state index in [4.69, 9.17) is 0 Å². The molecule has 0 atom stereocenters. The number of halogens is 1. The van der Waals surface area contributed by atoms with Crippen LogP contribution in [0.5, 0.6) is 0 Å². The molecule has 0 N–H and O–H groups in total. The quantitative estimate of drug-likeness (QED) is 0.451. The summed E-state index contributed by atoms with van der Waals surface area (Å²) in [5.74, 6) is -0.498. The Balaban J connectivity index is 2.13.